The number of ether oxygens (including phenoxy) is 1. The fraction of sp³-hybridized carbons (Fsp3) is 0.412. The Morgan fingerprint density at radius 2 is 1.59 bits per heavy atom. The molecule has 3 aromatic rings. The first kappa shape index (κ1) is 35.0. The summed E-state index contributed by atoms with van der Waals surface area (Å²) in [6.07, 6.45) is 0.808. The quantitative estimate of drug-likeness (QED) is 0.202. The molecule has 0 radical (unpaired) electrons. The monoisotopic (exact) mass is 627 g/mol. The van der Waals surface area contributed by atoms with Crippen molar-refractivity contribution in [1.29, 1.82) is 0 Å². The molecule has 44 heavy (non-hydrogen) atoms. The van der Waals surface area contributed by atoms with Gasteiger partial charge >= 0.3 is 5.97 Å². The molecule has 10 heteroatoms. The maximum Gasteiger partial charge on any atom is 0.338 e. The highest BCUT2D eigenvalue weighted by molar-refractivity contribution is 7.85. The van der Waals surface area contributed by atoms with E-state index in [2.05, 4.69) is 5.32 Å². The van der Waals surface area contributed by atoms with Gasteiger partial charge in [0.15, 0.2) is 0 Å². The molecule has 3 aromatic carbocycles. The minimum Gasteiger partial charge on any atom is -0.456 e. The Labute approximate surface area is 261 Å². The minimum atomic E-state index is -1.10. The summed E-state index contributed by atoms with van der Waals surface area (Å²) in [5.41, 5.74) is 9.06. The number of rotatable bonds is 16. The van der Waals surface area contributed by atoms with Crippen molar-refractivity contribution in [2.45, 2.75) is 70.5 Å². The zero-order valence-electron chi connectivity index (χ0n) is 25.9. The largest absolute Gasteiger partial charge is 0.456 e. The normalized spacial score (nSPS) is 13.2. The van der Waals surface area contributed by atoms with E-state index < -0.39 is 40.5 Å². The molecule has 0 saturated carbocycles. The zero-order chi connectivity index (χ0) is 32.2. The number of nitrogens with two attached hydrogens (primary N) is 1. The van der Waals surface area contributed by atoms with Crippen LogP contribution in [0.25, 0.3) is 0 Å². The number of hydrogen-bond acceptors (Lipinski definition) is 6. The topological polar surface area (TPSA) is 102 Å². The predicted octanol–water partition coefficient (Wildman–Crippen LogP) is 5.55. The third kappa shape index (κ3) is 10.3. The van der Waals surface area contributed by atoms with Gasteiger partial charge in [-0.15, -0.1) is 0 Å². The smallest absolute Gasteiger partial charge is 0.338 e. The van der Waals surface area contributed by atoms with E-state index >= 15 is 0 Å². The van der Waals surface area contributed by atoms with Crippen molar-refractivity contribution >= 4 is 22.7 Å². The number of carbonyl (C=O) groups is 2. The van der Waals surface area contributed by atoms with Gasteiger partial charge in [-0.3, -0.25) is 9.00 Å². The molecule has 0 aliphatic carbocycles. The fourth-order valence-corrected chi connectivity index (χ4v) is 5.85. The van der Waals surface area contributed by atoms with Crippen molar-refractivity contribution in [1.82, 2.24) is 10.2 Å². The van der Waals surface area contributed by atoms with Gasteiger partial charge in [0.2, 0.25) is 0 Å². The van der Waals surface area contributed by atoms with Gasteiger partial charge in [0.25, 0.3) is 5.91 Å². The first-order valence-corrected chi connectivity index (χ1v) is 16.4. The van der Waals surface area contributed by atoms with E-state index in [0.717, 1.165) is 34.9 Å². The summed E-state index contributed by atoms with van der Waals surface area (Å²) in [6, 6.07) is 14.7. The van der Waals surface area contributed by atoms with E-state index in [1.54, 1.807) is 24.0 Å². The molecule has 0 heterocycles. The second kappa shape index (κ2) is 17.1. The number of esters is 1. The minimum absolute atomic E-state index is 0.0554. The number of halogens is 2. The molecule has 0 aromatic heterocycles. The number of nitrogens with zero attached hydrogens (tertiary/aromatic N) is 1. The Morgan fingerprint density at radius 3 is 2.23 bits per heavy atom. The van der Waals surface area contributed by atoms with Crippen molar-refractivity contribution in [2.24, 2.45) is 5.73 Å². The highest BCUT2D eigenvalue weighted by atomic mass is 32.2. The molecular weight excluding hydrogens is 584 g/mol. The predicted molar refractivity (Wildman–Crippen MR) is 170 cm³/mol. The van der Waals surface area contributed by atoms with Crippen molar-refractivity contribution < 1.29 is 27.3 Å². The number of aryl methyl sites for hydroxylation is 1. The lowest BCUT2D eigenvalue weighted by molar-refractivity contribution is 0.0238. The van der Waals surface area contributed by atoms with Gasteiger partial charge in [-0.2, -0.15) is 0 Å². The van der Waals surface area contributed by atoms with E-state index in [-0.39, 0.29) is 24.4 Å². The number of benzene rings is 3. The van der Waals surface area contributed by atoms with Crippen LogP contribution in [-0.2, 0) is 28.5 Å². The first-order valence-electron chi connectivity index (χ1n) is 15.0. The molecule has 1 amide bonds. The average Bonchev–Trinajstić information content (AvgIpc) is 2.98. The van der Waals surface area contributed by atoms with Gasteiger partial charge in [-0.1, -0.05) is 32.9 Å². The van der Waals surface area contributed by atoms with Gasteiger partial charge < -0.3 is 20.7 Å². The molecule has 0 aliphatic rings. The van der Waals surface area contributed by atoms with E-state index in [0.29, 0.717) is 36.5 Å². The molecule has 3 atom stereocenters. The summed E-state index contributed by atoms with van der Waals surface area (Å²) in [7, 11) is -1.10. The molecule has 1 unspecified atom stereocenters. The van der Waals surface area contributed by atoms with Crippen LogP contribution >= 0.6 is 0 Å². The second-order valence-corrected chi connectivity index (χ2v) is 12.6. The van der Waals surface area contributed by atoms with Crippen molar-refractivity contribution in [3.63, 3.8) is 0 Å². The van der Waals surface area contributed by atoms with Crippen LogP contribution in [0.2, 0.25) is 0 Å². The summed E-state index contributed by atoms with van der Waals surface area (Å²) < 4.78 is 45.9. The first-order chi connectivity index (χ1) is 21.0. The third-order valence-corrected chi connectivity index (χ3v) is 8.37. The zero-order valence-corrected chi connectivity index (χ0v) is 26.7. The SMILES string of the molecule is CCCN(CCC)C(=O)c1cc(C)cc(C(=O)O[C@H](CNCc2cccc(S(=O)CC)c2)[C@@H](N)Cc2cc(F)cc(F)c2)c1. The van der Waals surface area contributed by atoms with Crippen molar-refractivity contribution in [3.8, 4) is 0 Å². The highest BCUT2D eigenvalue weighted by Crippen LogP contribution is 2.18. The van der Waals surface area contributed by atoms with Crippen LogP contribution < -0.4 is 11.1 Å². The Balaban J connectivity index is 1.82. The van der Waals surface area contributed by atoms with Crippen LogP contribution in [0.15, 0.2) is 65.6 Å². The maximum atomic E-state index is 13.9. The molecule has 0 bridgehead atoms. The number of hydrogen-bond donors (Lipinski definition) is 2. The van der Waals surface area contributed by atoms with Crippen LogP contribution in [0.5, 0.6) is 0 Å². The molecule has 0 aliphatic heterocycles. The summed E-state index contributed by atoms with van der Waals surface area (Å²) in [5.74, 6) is -1.75. The van der Waals surface area contributed by atoms with Gasteiger partial charge in [0.05, 0.1) is 16.4 Å². The molecule has 3 rings (SSSR count). The van der Waals surface area contributed by atoms with E-state index in [4.69, 9.17) is 10.5 Å². The lowest BCUT2D eigenvalue weighted by Gasteiger charge is -2.25. The van der Waals surface area contributed by atoms with E-state index in [9.17, 15) is 22.6 Å². The molecule has 0 saturated heterocycles. The molecule has 238 valence electrons. The van der Waals surface area contributed by atoms with Gasteiger partial charge in [-0.05, 0) is 85.3 Å². The molecule has 0 spiro atoms. The van der Waals surface area contributed by atoms with Crippen molar-refractivity contribution in [3.05, 3.63) is 100 Å². The van der Waals surface area contributed by atoms with Gasteiger partial charge in [0.1, 0.15) is 17.7 Å². The van der Waals surface area contributed by atoms with Crippen LogP contribution in [-0.4, -0.2) is 58.5 Å². The van der Waals surface area contributed by atoms with Crippen LogP contribution in [0, 0.1) is 18.6 Å². The lowest BCUT2D eigenvalue weighted by Crippen LogP contribution is -2.46. The van der Waals surface area contributed by atoms with E-state index in [1.165, 1.54) is 18.2 Å². The molecule has 7 nitrogen and oxygen atoms in total. The average molecular weight is 628 g/mol. The van der Waals surface area contributed by atoms with Crippen LogP contribution in [0.3, 0.4) is 0 Å². The summed E-state index contributed by atoms with van der Waals surface area (Å²) in [5, 5.41) is 3.25. The van der Waals surface area contributed by atoms with Gasteiger partial charge in [0, 0.05) is 54.5 Å². The fourth-order valence-electron chi connectivity index (χ4n) is 5.00. The third-order valence-electron chi connectivity index (χ3n) is 7.06. The second-order valence-electron chi connectivity index (χ2n) is 10.9. The Morgan fingerprint density at radius 1 is 0.932 bits per heavy atom. The van der Waals surface area contributed by atoms with Gasteiger partial charge in [-0.25, -0.2) is 13.6 Å². The standard InChI is InChI=1S/C34H43F2N3O4S/c1-5-11-39(12-6-2)33(40)26-13-23(4)14-27(19-26)34(41)43-32(31(37)18-25-15-28(35)20-29(36)16-25)22-38-21-24-9-8-10-30(17-24)44(42)7-3/h8-10,13-17,19-20,31-32,38H,5-7,11-12,18,21-22,37H2,1-4H3/t31-,32+,44?/m0/s1. The number of carbonyl (C=O) groups excluding carboxylic acids is 2. The molecular formula is C34H43F2N3O4S. The highest BCUT2D eigenvalue weighted by Gasteiger charge is 2.25. The Kier molecular flexibility index (Phi) is 13.6. The van der Waals surface area contributed by atoms with Crippen LogP contribution in [0.1, 0.15) is 71.0 Å². The van der Waals surface area contributed by atoms with E-state index in [1.807, 2.05) is 45.0 Å². The maximum absolute atomic E-state index is 13.9. The lowest BCUT2D eigenvalue weighted by atomic mass is 10.0. The Hall–Kier alpha value is -3.47. The van der Waals surface area contributed by atoms with Crippen LogP contribution in [0.4, 0.5) is 8.78 Å². The summed E-state index contributed by atoms with van der Waals surface area (Å²) in [4.78, 5) is 29.2. The number of amides is 1. The summed E-state index contributed by atoms with van der Waals surface area (Å²) in [6.45, 7) is 9.43. The summed E-state index contributed by atoms with van der Waals surface area (Å²) >= 11 is 0. The molecule has 0 fully saturated rings. The Bertz CT molecular complexity index is 1430. The van der Waals surface area contributed by atoms with Crippen molar-refractivity contribution in [2.75, 3.05) is 25.4 Å². The number of nitrogens with one attached hydrogen (secondary N) is 1. The molecule has 3 N–H and O–H groups in total.